The average molecular weight is 340 g/mol. The summed E-state index contributed by atoms with van der Waals surface area (Å²) >= 11 is 0. The molecule has 0 amide bonds. The molecule has 24 heavy (non-hydrogen) atoms. The van der Waals surface area contributed by atoms with Crippen LogP contribution in [0.1, 0.15) is 33.1 Å². The molecule has 1 fully saturated rings. The Labute approximate surface area is 143 Å². The van der Waals surface area contributed by atoms with Gasteiger partial charge in [0.25, 0.3) is 0 Å². The molecule has 0 spiro atoms. The molecule has 0 radical (unpaired) electrons. The third kappa shape index (κ3) is 12.6. The molecule has 0 aromatic heterocycles. The molecule has 6 nitrogen and oxygen atoms in total. The molecule has 0 saturated carbocycles. The van der Waals surface area contributed by atoms with Crippen LogP contribution in [-0.2, 0) is 23.8 Å². The molecule has 1 aliphatic rings. The fraction of sp³-hybridized carbons (Fsp3) is 0.556. The van der Waals surface area contributed by atoms with Gasteiger partial charge >= 0.3 is 11.9 Å². The predicted molar refractivity (Wildman–Crippen MR) is 91.8 cm³/mol. The fourth-order valence-electron chi connectivity index (χ4n) is 1.31. The van der Waals surface area contributed by atoms with E-state index in [1.54, 1.807) is 6.08 Å². The van der Waals surface area contributed by atoms with Gasteiger partial charge in [-0.05, 0) is 19.8 Å². The van der Waals surface area contributed by atoms with Crippen molar-refractivity contribution in [3.8, 4) is 0 Å². The van der Waals surface area contributed by atoms with Crippen LogP contribution in [-0.4, -0.2) is 49.6 Å². The normalized spacial score (nSPS) is 15.8. The number of allylic oxidation sites excluding steroid dienone is 1. The lowest BCUT2D eigenvalue weighted by molar-refractivity contribution is -0.139. The number of hydrogen-bond acceptors (Lipinski definition) is 5. The maximum atomic E-state index is 11.3. The second-order valence-electron chi connectivity index (χ2n) is 5.27. The van der Waals surface area contributed by atoms with E-state index in [-0.39, 0.29) is 17.6 Å². The van der Waals surface area contributed by atoms with E-state index in [1.165, 1.54) is 13.0 Å². The van der Waals surface area contributed by atoms with Gasteiger partial charge < -0.3 is 19.3 Å². The molecule has 0 aromatic carbocycles. The van der Waals surface area contributed by atoms with E-state index in [0.29, 0.717) is 19.3 Å². The smallest absolute Gasteiger partial charge is 0.333 e. The van der Waals surface area contributed by atoms with E-state index in [2.05, 4.69) is 13.2 Å². The predicted octanol–water partition coefficient (Wildman–Crippen LogP) is 2.89. The quantitative estimate of drug-likeness (QED) is 0.205. The van der Waals surface area contributed by atoms with Crippen molar-refractivity contribution in [3.05, 3.63) is 36.5 Å². The Morgan fingerprint density at radius 2 is 2.08 bits per heavy atom. The van der Waals surface area contributed by atoms with Gasteiger partial charge in [-0.15, -0.1) is 6.58 Å². The van der Waals surface area contributed by atoms with E-state index < -0.39 is 11.9 Å². The van der Waals surface area contributed by atoms with Gasteiger partial charge in [-0.25, -0.2) is 9.59 Å². The Hall–Kier alpha value is -1.92. The largest absolute Gasteiger partial charge is 0.478 e. The number of carbonyl (C=O) groups is 2. The number of rotatable bonds is 11. The highest BCUT2D eigenvalue weighted by Crippen LogP contribution is 2.08. The molecule has 1 unspecified atom stereocenters. The highest BCUT2D eigenvalue weighted by Gasteiger charge is 2.21. The molecule has 0 aromatic rings. The van der Waals surface area contributed by atoms with Crippen molar-refractivity contribution in [2.75, 3.05) is 26.4 Å². The van der Waals surface area contributed by atoms with E-state index in [1.807, 2.05) is 6.92 Å². The van der Waals surface area contributed by atoms with Gasteiger partial charge in [-0.2, -0.15) is 0 Å². The molecule has 136 valence electrons. The minimum atomic E-state index is -0.993. The zero-order valence-corrected chi connectivity index (χ0v) is 14.6. The van der Waals surface area contributed by atoms with Crippen LogP contribution in [0, 0.1) is 0 Å². The van der Waals surface area contributed by atoms with Crippen LogP contribution in [0.25, 0.3) is 0 Å². The Bertz CT molecular complexity index is 448. The van der Waals surface area contributed by atoms with Crippen molar-refractivity contribution in [1.82, 2.24) is 0 Å². The van der Waals surface area contributed by atoms with Crippen molar-refractivity contribution >= 4 is 11.9 Å². The minimum Gasteiger partial charge on any atom is -0.478 e. The first kappa shape index (κ1) is 22.1. The maximum absolute atomic E-state index is 11.3. The lowest BCUT2D eigenvalue weighted by Gasteiger charge is -2.04. The zero-order chi connectivity index (χ0) is 18.4. The highest BCUT2D eigenvalue weighted by atomic mass is 16.6. The summed E-state index contributed by atoms with van der Waals surface area (Å²) in [5, 5.41) is 8.59. The number of aliphatic carboxylic acids is 1. The Morgan fingerprint density at radius 3 is 2.58 bits per heavy atom. The summed E-state index contributed by atoms with van der Waals surface area (Å²) in [6.07, 6.45) is 5.56. The molecular formula is C18H28O6. The van der Waals surface area contributed by atoms with Gasteiger partial charge in [0.2, 0.25) is 0 Å². The van der Waals surface area contributed by atoms with Crippen molar-refractivity contribution < 1.29 is 28.9 Å². The molecule has 0 aliphatic carbocycles. The van der Waals surface area contributed by atoms with Crippen molar-refractivity contribution in [3.63, 3.8) is 0 Å². The maximum Gasteiger partial charge on any atom is 0.333 e. The molecular weight excluding hydrogens is 312 g/mol. The highest BCUT2D eigenvalue weighted by molar-refractivity contribution is 5.89. The fourth-order valence-corrected chi connectivity index (χ4v) is 1.31. The summed E-state index contributed by atoms with van der Waals surface area (Å²) < 4.78 is 14.9. The molecule has 1 atom stereocenters. The molecule has 0 bridgehead atoms. The van der Waals surface area contributed by atoms with Crippen LogP contribution in [0.5, 0.6) is 0 Å². The number of carbonyl (C=O) groups excluding carboxylic acids is 1. The van der Waals surface area contributed by atoms with E-state index >= 15 is 0 Å². The monoisotopic (exact) mass is 340 g/mol. The van der Waals surface area contributed by atoms with Crippen LogP contribution >= 0.6 is 0 Å². The standard InChI is InChI=1S/C12H18O4.C6H10O2/c1-4-5-8-16-12(15)10(3)7-6-9(2)11(13)14;1-2-3-7-4-6-5-8-6/h6H,3-5,7-8H2,1-2H3,(H,13,14);2,6H,1,3-5H2. The number of hydrogen-bond donors (Lipinski definition) is 1. The van der Waals surface area contributed by atoms with Crippen LogP contribution in [0.15, 0.2) is 36.5 Å². The van der Waals surface area contributed by atoms with Gasteiger partial charge in [0.15, 0.2) is 0 Å². The Kier molecular flexibility index (Phi) is 12.4. The van der Waals surface area contributed by atoms with E-state index in [0.717, 1.165) is 26.1 Å². The first-order valence-electron chi connectivity index (χ1n) is 7.97. The Balaban J connectivity index is 0.000000546. The third-order valence-electron chi connectivity index (χ3n) is 2.95. The van der Waals surface area contributed by atoms with Crippen LogP contribution < -0.4 is 0 Å². The van der Waals surface area contributed by atoms with Crippen LogP contribution in [0.3, 0.4) is 0 Å². The van der Waals surface area contributed by atoms with Gasteiger partial charge in [0.1, 0.15) is 6.10 Å². The molecule has 1 heterocycles. The second kappa shape index (κ2) is 13.5. The number of ether oxygens (including phenoxy) is 3. The summed E-state index contributed by atoms with van der Waals surface area (Å²) in [6.45, 7) is 13.2. The summed E-state index contributed by atoms with van der Waals surface area (Å²) in [5.74, 6) is -1.45. The lowest BCUT2D eigenvalue weighted by atomic mass is 10.1. The number of epoxide rings is 1. The molecule has 1 aliphatic heterocycles. The second-order valence-corrected chi connectivity index (χ2v) is 5.27. The molecule has 1 rings (SSSR count). The van der Waals surface area contributed by atoms with Crippen molar-refractivity contribution in [2.24, 2.45) is 0 Å². The summed E-state index contributed by atoms with van der Waals surface area (Å²) in [7, 11) is 0. The summed E-state index contributed by atoms with van der Waals surface area (Å²) in [5.41, 5.74) is 0.471. The third-order valence-corrected chi connectivity index (χ3v) is 2.95. The first-order chi connectivity index (χ1) is 11.4. The number of carboxylic acid groups (broad SMARTS) is 1. The molecule has 1 N–H and O–H groups in total. The van der Waals surface area contributed by atoms with Gasteiger partial charge in [-0.1, -0.05) is 32.1 Å². The van der Waals surface area contributed by atoms with Gasteiger partial charge in [0, 0.05) is 11.1 Å². The zero-order valence-electron chi connectivity index (χ0n) is 14.6. The minimum absolute atomic E-state index is 0.197. The number of unbranched alkanes of at least 4 members (excludes halogenated alkanes) is 1. The topological polar surface area (TPSA) is 85.4 Å². The average Bonchev–Trinajstić information content (AvgIpc) is 3.37. The van der Waals surface area contributed by atoms with Crippen LogP contribution in [0.2, 0.25) is 0 Å². The van der Waals surface area contributed by atoms with Gasteiger partial charge in [0.05, 0.1) is 26.4 Å². The number of carboxylic acids is 1. The number of esters is 1. The lowest BCUT2D eigenvalue weighted by Crippen LogP contribution is -2.08. The van der Waals surface area contributed by atoms with Crippen molar-refractivity contribution in [2.45, 2.75) is 39.2 Å². The summed E-state index contributed by atoms with van der Waals surface area (Å²) in [6, 6.07) is 0. The first-order valence-corrected chi connectivity index (χ1v) is 7.97. The summed E-state index contributed by atoms with van der Waals surface area (Å²) in [4.78, 5) is 21.8. The molecule has 1 saturated heterocycles. The van der Waals surface area contributed by atoms with Crippen LogP contribution in [0.4, 0.5) is 0 Å². The molecule has 6 heteroatoms. The van der Waals surface area contributed by atoms with E-state index in [9.17, 15) is 9.59 Å². The van der Waals surface area contributed by atoms with Crippen molar-refractivity contribution in [1.29, 1.82) is 0 Å². The van der Waals surface area contributed by atoms with Gasteiger partial charge in [-0.3, -0.25) is 0 Å². The van der Waals surface area contributed by atoms with E-state index in [4.69, 9.17) is 19.3 Å². The SMILES string of the molecule is C=C(CC=C(C)C(=O)O)C(=O)OCCCC.C=CCOCC1CO1. The Morgan fingerprint density at radius 1 is 1.42 bits per heavy atom.